The maximum Gasteiger partial charge on any atom is 0.416 e. The molecule has 2 aromatic rings. The maximum absolute atomic E-state index is 12.9. The Kier molecular flexibility index (Phi) is 4.42. The van der Waals surface area contributed by atoms with Crippen molar-refractivity contribution in [1.82, 2.24) is 0 Å². The van der Waals surface area contributed by atoms with Gasteiger partial charge in [-0.15, -0.1) is 11.8 Å². The molecular weight excluding hydrogens is 391 g/mol. The average Bonchev–Trinajstić information content (AvgIpc) is 2.88. The first-order chi connectivity index (χ1) is 10.9. The lowest BCUT2D eigenvalue weighted by atomic mass is 10.1. The highest BCUT2D eigenvalue weighted by molar-refractivity contribution is 9.10. The van der Waals surface area contributed by atoms with Crippen LogP contribution in [-0.4, -0.2) is 11.7 Å². The number of benzene rings is 2. The van der Waals surface area contributed by atoms with Gasteiger partial charge < -0.3 is 0 Å². The van der Waals surface area contributed by atoms with Gasteiger partial charge in [0.05, 0.1) is 11.3 Å². The molecule has 0 unspecified atom stereocenters. The molecule has 1 heterocycles. The van der Waals surface area contributed by atoms with Crippen molar-refractivity contribution in [3.05, 3.63) is 64.1 Å². The zero-order chi connectivity index (χ0) is 16.6. The lowest BCUT2D eigenvalue weighted by molar-refractivity contribution is -0.137. The van der Waals surface area contributed by atoms with Crippen molar-refractivity contribution >= 4 is 39.3 Å². The summed E-state index contributed by atoms with van der Waals surface area (Å²) in [4.78, 5) is 13.7. The summed E-state index contributed by atoms with van der Waals surface area (Å²) in [5.74, 6) is 0.0393. The number of nitrogens with zero attached hydrogens (tertiary/aromatic N) is 1. The quantitative estimate of drug-likeness (QED) is 0.684. The minimum absolute atomic E-state index is 0.199. The van der Waals surface area contributed by atoms with Crippen LogP contribution in [0.2, 0.25) is 0 Å². The van der Waals surface area contributed by atoms with E-state index < -0.39 is 11.7 Å². The molecular formula is C16H11BrF3NOS. The molecule has 2 nitrogen and oxygen atoms in total. The molecule has 0 spiro atoms. The van der Waals surface area contributed by atoms with E-state index in [9.17, 15) is 18.0 Å². The van der Waals surface area contributed by atoms with Crippen LogP contribution in [0.4, 0.5) is 18.9 Å². The summed E-state index contributed by atoms with van der Waals surface area (Å²) in [6, 6.07) is 12.3. The van der Waals surface area contributed by atoms with E-state index in [0.717, 1.165) is 22.2 Å². The summed E-state index contributed by atoms with van der Waals surface area (Å²) in [6.45, 7) is 0. The van der Waals surface area contributed by atoms with Gasteiger partial charge in [-0.25, -0.2) is 0 Å². The molecule has 1 atom stereocenters. The molecule has 0 N–H and O–H groups in total. The number of thioether (sulfide) groups is 1. The summed E-state index contributed by atoms with van der Waals surface area (Å²) in [5.41, 5.74) is 0.363. The van der Waals surface area contributed by atoms with Crippen LogP contribution in [0.15, 0.2) is 53.0 Å². The van der Waals surface area contributed by atoms with Gasteiger partial charge in [0.1, 0.15) is 5.37 Å². The summed E-state index contributed by atoms with van der Waals surface area (Å²) >= 11 is 4.84. The highest BCUT2D eigenvalue weighted by Crippen LogP contribution is 2.44. The number of hydrogen-bond acceptors (Lipinski definition) is 2. The highest BCUT2D eigenvalue weighted by Gasteiger charge is 2.37. The van der Waals surface area contributed by atoms with Crippen LogP contribution in [-0.2, 0) is 11.0 Å². The molecule has 0 aliphatic carbocycles. The van der Waals surface area contributed by atoms with Crippen molar-refractivity contribution in [2.45, 2.75) is 11.6 Å². The Hall–Kier alpha value is -1.47. The molecule has 0 aromatic heterocycles. The van der Waals surface area contributed by atoms with E-state index in [1.54, 1.807) is 0 Å². The fraction of sp³-hybridized carbons (Fsp3) is 0.188. The fourth-order valence-corrected chi connectivity index (χ4v) is 4.31. The van der Waals surface area contributed by atoms with Gasteiger partial charge in [-0.1, -0.05) is 40.2 Å². The van der Waals surface area contributed by atoms with Crippen LogP contribution in [0.1, 0.15) is 16.5 Å². The largest absolute Gasteiger partial charge is 0.416 e. The van der Waals surface area contributed by atoms with Crippen molar-refractivity contribution in [3.63, 3.8) is 0 Å². The molecule has 3 rings (SSSR count). The smallest absolute Gasteiger partial charge is 0.295 e. The number of amides is 1. The molecule has 23 heavy (non-hydrogen) atoms. The number of anilines is 1. The lowest BCUT2D eigenvalue weighted by Crippen LogP contribution is -2.28. The first kappa shape index (κ1) is 16.4. The monoisotopic (exact) mass is 401 g/mol. The van der Waals surface area contributed by atoms with E-state index in [0.29, 0.717) is 0 Å². The van der Waals surface area contributed by atoms with E-state index in [2.05, 4.69) is 15.9 Å². The van der Waals surface area contributed by atoms with E-state index in [1.807, 2.05) is 24.3 Å². The Morgan fingerprint density at radius 3 is 2.57 bits per heavy atom. The normalized spacial score (nSPS) is 18.5. The Morgan fingerprint density at radius 2 is 1.87 bits per heavy atom. The first-order valence-electron chi connectivity index (χ1n) is 6.73. The second-order valence-corrected chi connectivity index (χ2v) is 6.92. The molecule has 1 aliphatic heterocycles. The molecule has 0 saturated carbocycles. The predicted octanol–water partition coefficient (Wildman–Crippen LogP) is 5.25. The lowest BCUT2D eigenvalue weighted by Gasteiger charge is -2.25. The molecule has 0 radical (unpaired) electrons. The molecule has 120 valence electrons. The fourth-order valence-electron chi connectivity index (χ4n) is 2.44. The van der Waals surface area contributed by atoms with E-state index in [-0.39, 0.29) is 22.7 Å². The summed E-state index contributed by atoms with van der Waals surface area (Å²) < 4.78 is 39.6. The SMILES string of the molecule is O=C1CS[C@H](c2ccccc2Br)N1c1cccc(C(F)(F)F)c1. The van der Waals surface area contributed by atoms with Crippen LogP contribution >= 0.6 is 27.7 Å². The summed E-state index contributed by atoms with van der Waals surface area (Å²) in [6.07, 6.45) is -4.44. The zero-order valence-electron chi connectivity index (χ0n) is 11.7. The molecule has 1 aliphatic rings. The van der Waals surface area contributed by atoms with Crippen LogP contribution in [0.3, 0.4) is 0 Å². The van der Waals surface area contributed by atoms with Gasteiger partial charge in [0, 0.05) is 10.2 Å². The maximum atomic E-state index is 12.9. The Bertz CT molecular complexity index is 750. The van der Waals surface area contributed by atoms with Gasteiger partial charge in [0.15, 0.2) is 0 Å². The second-order valence-electron chi connectivity index (χ2n) is 5.00. The van der Waals surface area contributed by atoms with Crippen molar-refractivity contribution in [2.75, 3.05) is 10.7 Å². The minimum atomic E-state index is -4.44. The van der Waals surface area contributed by atoms with Crippen molar-refractivity contribution in [1.29, 1.82) is 0 Å². The molecule has 1 saturated heterocycles. The molecule has 1 amide bonds. The minimum Gasteiger partial charge on any atom is -0.295 e. The number of carbonyl (C=O) groups excluding carboxylic acids is 1. The number of rotatable bonds is 2. The first-order valence-corrected chi connectivity index (χ1v) is 8.57. The van der Waals surface area contributed by atoms with E-state index in [1.165, 1.54) is 28.8 Å². The van der Waals surface area contributed by atoms with Gasteiger partial charge in [0.25, 0.3) is 0 Å². The van der Waals surface area contributed by atoms with Gasteiger partial charge >= 0.3 is 6.18 Å². The summed E-state index contributed by atoms with van der Waals surface area (Å²) in [7, 11) is 0. The van der Waals surface area contributed by atoms with E-state index >= 15 is 0 Å². The third-order valence-electron chi connectivity index (χ3n) is 3.49. The Balaban J connectivity index is 2.03. The standard InChI is InChI=1S/C16H11BrF3NOS/c17-13-7-2-1-6-12(13)15-21(14(22)9-23-15)11-5-3-4-10(8-11)16(18,19)20/h1-8,15H,9H2/t15-/m1/s1. The second kappa shape index (κ2) is 6.20. The van der Waals surface area contributed by atoms with Gasteiger partial charge in [0.2, 0.25) is 5.91 Å². The molecule has 1 fully saturated rings. The van der Waals surface area contributed by atoms with Crippen molar-refractivity contribution in [2.24, 2.45) is 0 Å². The van der Waals surface area contributed by atoms with Crippen molar-refractivity contribution < 1.29 is 18.0 Å². The zero-order valence-corrected chi connectivity index (χ0v) is 14.1. The molecule has 7 heteroatoms. The Morgan fingerprint density at radius 1 is 1.13 bits per heavy atom. The van der Waals surface area contributed by atoms with Crippen molar-refractivity contribution in [3.8, 4) is 0 Å². The summed E-state index contributed by atoms with van der Waals surface area (Å²) in [5, 5.41) is -0.346. The number of halogens is 4. The highest BCUT2D eigenvalue weighted by atomic mass is 79.9. The third kappa shape index (κ3) is 3.26. The van der Waals surface area contributed by atoms with Crippen LogP contribution < -0.4 is 4.90 Å². The van der Waals surface area contributed by atoms with Crippen LogP contribution in [0, 0.1) is 0 Å². The average molecular weight is 402 g/mol. The third-order valence-corrected chi connectivity index (χ3v) is 5.41. The van der Waals surface area contributed by atoms with Crippen LogP contribution in [0.25, 0.3) is 0 Å². The number of carbonyl (C=O) groups is 1. The predicted molar refractivity (Wildman–Crippen MR) is 88.3 cm³/mol. The Labute approximate surface area is 143 Å². The van der Waals surface area contributed by atoms with E-state index in [4.69, 9.17) is 0 Å². The van der Waals surface area contributed by atoms with Gasteiger partial charge in [-0.3, -0.25) is 9.69 Å². The number of alkyl halides is 3. The van der Waals surface area contributed by atoms with Gasteiger partial charge in [-0.05, 0) is 29.8 Å². The van der Waals surface area contributed by atoms with Crippen LogP contribution in [0.5, 0.6) is 0 Å². The molecule has 2 aromatic carbocycles. The van der Waals surface area contributed by atoms with Gasteiger partial charge in [-0.2, -0.15) is 13.2 Å². The number of hydrogen-bond donors (Lipinski definition) is 0. The molecule has 0 bridgehead atoms. The topological polar surface area (TPSA) is 20.3 Å².